The Morgan fingerprint density at radius 1 is 1.03 bits per heavy atom. The van der Waals surface area contributed by atoms with Crippen LogP contribution in [0.1, 0.15) is 36.7 Å². The van der Waals surface area contributed by atoms with Crippen LogP contribution in [0.3, 0.4) is 0 Å². The molecule has 0 aliphatic heterocycles. The molecular weight excluding hydrogens is 392 g/mol. The summed E-state index contributed by atoms with van der Waals surface area (Å²) in [4.78, 5) is 23.7. The van der Waals surface area contributed by atoms with Crippen molar-refractivity contribution in [3.8, 4) is 0 Å². The van der Waals surface area contributed by atoms with Gasteiger partial charge in [-0.1, -0.05) is 24.3 Å². The highest BCUT2D eigenvalue weighted by atomic mass is 32.1. The van der Waals surface area contributed by atoms with Crippen LogP contribution in [0, 0.1) is 0 Å². The highest BCUT2D eigenvalue weighted by Crippen LogP contribution is 2.30. The molecule has 30 heavy (non-hydrogen) atoms. The van der Waals surface area contributed by atoms with Crippen LogP contribution < -0.4 is 14.7 Å². The monoisotopic (exact) mass is 425 g/mol. The fourth-order valence-corrected chi connectivity index (χ4v) is 4.56. The van der Waals surface area contributed by atoms with Crippen LogP contribution in [-0.2, 0) is 6.42 Å². The highest BCUT2D eigenvalue weighted by molar-refractivity contribution is 7.22. The van der Waals surface area contributed by atoms with Crippen molar-refractivity contribution in [2.45, 2.75) is 27.2 Å². The minimum Gasteiger partial charge on any atom is -0.378 e. The number of likely N-dealkylation sites (N-methyl/N-ethyl adjacent to an activating group) is 1. The molecule has 0 radical (unpaired) electrons. The van der Waals surface area contributed by atoms with Gasteiger partial charge in [0.1, 0.15) is 0 Å². The van der Waals surface area contributed by atoms with E-state index in [1.807, 2.05) is 48.2 Å². The summed E-state index contributed by atoms with van der Waals surface area (Å²) in [6.45, 7) is 10.2. The number of nitrogens with zero attached hydrogens (tertiary/aromatic N) is 3. The molecule has 3 aromatic rings. The summed E-state index contributed by atoms with van der Waals surface area (Å²) < 4.78 is 1.14. The number of carbonyl (C=O) groups is 1. The molecule has 1 heterocycles. The van der Waals surface area contributed by atoms with Crippen LogP contribution in [0.2, 0.25) is 0 Å². The van der Waals surface area contributed by atoms with Crippen molar-refractivity contribution < 1.29 is 9.69 Å². The number of amides is 1. The summed E-state index contributed by atoms with van der Waals surface area (Å²) >= 11 is 1.61. The van der Waals surface area contributed by atoms with Gasteiger partial charge in [-0.2, -0.15) is 0 Å². The van der Waals surface area contributed by atoms with Crippen molar-refractivity contribution in [2.24, 2.45) is 0 Å². The molecule has 0 atom stereocenters. The molecule has 0 fully saturated rings. The van der Waals surface area contributed by atoms with Crippen molar-refractivity contribution in [1.82, 2.24) is 4.98 Å². The third kappa shape index (κ3) is 4.99. The molecule has 160 valence electrons. The Kier molecular flexibility index (Phi) is 7.45. The molecular formula is C24H33N4OS+. The fourth-order valence-electron chi connectivity index (χ4n) is 3.51. The standard InChI is InChI=1S/C24H32N4OS/c1-6-18-9-14-21-22(17-18)30-24(25-21)28(16-15-27(7-2)8-3)23(29)19-10-12-20(13-11-19)26(4)5/h9-14,17H,6-8,15-16H2,1-5H3/p+1. The highest BCUT2D eigenvalue weighted by Gasteiger charge is 2.23. The molecule has 6 heteroatoms. The first-order chi connectivity index (χ1) is 14.5. The van der Waals surface area contributed by atoms with E-state index in [2.05, 4.69) is 39.0 Å². The number of aromatic nitrogens is 1. The van der Waals surface area contributed by atoms with Crippen LogP contribution in [0.4, 0.5) is 10.8 Å². The van der Waals surface area contributed by atoms with Gasteiger partial charge >= 0.3 is 0 Å². The van der Waals surface area contributed by atoms with Gasteiger partial charge in [0.2, 0.25) is 0 Å². The molecule has 3 rings (SSSR count). The second-order valence-corrected chi connectivity index (χ2v) is 8.77. The van der Waals surface area contributed by atoms with E-state index < -0.39 is 0 Å². The maximum absolute atomic E-state index is 13.5. The Balaban J connectivity index is 1.94. The van der Waals surface area contributed by atoms with E-state index in [4.69, 9.17) is 4.98 Å². The first kappa shape index (κ1) is 22.2. The lowest BCUT2D eigenvalue weighted by atomic mass is 10.1. The topological polar surface area (TPSA) is 40.9 Å². The molecule has 0 saturated heterocycles. The summed E-state index contributed by atoms with van der Waals surface area (Å²) in [5, 5.41) is 0.784. The van der Waals surface area contributed by atoms with Crippen LogP contribution in [-0.4, -0.2) is 51.2 Å². The quantitative estimate of drug-likeness (QED) is 0.571. The maximum Gasteiger partial charge on any atom is 0.260 e. The smallest absolute Gasteiger partial charge is 0.260 e. The molecule has 0 aliphatic rings. The van der Waals surface area contributed by atoms with Gasteiger partial charge in [0.05, 0.1) is 36.4 Å². The van der Waals surface area contributed by atoms with Crippen LogP contribution in [0.5, 0.6) is 0 Å². The molecule has 5 nitrogen and oxygen atoms in total. The van der Waals surface area contributed by atoms with Gasteiger partial charge < -0.3 is 9.80 Å². The number of fused-ring (bicyclic) bond motifs is 1. The van der Waals surface area contributed by atoms with E-state index in [1.54, 1.807) is 11.3 Å². The number of hydrogen-bond donors (Lipinski definition) is 1. The first-order valence-corrected chi connectivity index (χ1v) is 11.6. The minimum absolute atomic E-state index is 0.0154. The summed E-state index contributed by atoms with van der Waals surface area (Å²) in [7, 11) is 4.00. The molecule has 0 spiro atoms. The Morgan fingerprint density at radius 2 is 1.73 bits per heavy atom. The molecule has 0 aliphatic carbocycles. The lowest BCUT2D eigenvalue weighted by Crippen LogP contribution is -3.12. The molecule has 1 aromatic heterocycles. The SMILES string of the molecule is CCc1ccc2nc(N(CC[NH+](CC)CC)C(=O)c3ccc(N(C)C)cc3)sc2c1. The number of hydrogen-bond acceptors (Lipinski definition) is 4. The van der Waals surface area contributed by atoms with Crippen molar-refractivity contribution in [3.63, 3.8) is 0 Å². The molecule has 0 bridgehead atoms. The molecule has 0 saturated carbocycles. The second-order valence-electron chi connectivity index (χ2n) is 7.76. The third-order valence-corrected chi connectivity index (χ3v) is 6.69. The van der Waals surface area contributed by atoms with Gasteiger partial charge in [0.15, 0.2) is 5.13 Å². The van der Waals surface area contributed by atoms with E-state index in [0.29, 0.717) is 12.1 Å². The average molecular weight is 426 g/mol. The average Bonchev–Trinajstić information content (AvgIpc) is 3.19. The van der Waals surface area contributed by atoms with Crippen molar-refractivity contribution >= 4 is 38.3 Å². The Hall–Kier alpha value is -2.44. The normalized spacial score (nSPS) is 11.3. The second kappa shape index (κ2) is 10.0. The zero-order chi connectivity index (χ0) is 21.7. The molecule has 1 amide bonds. The molecule has 2 aromatic carbocycles. The summed E-state index contributed by atoms with van der Waals surface area (Å²) in [6.07, 6.45) is 0.995. The predicted molar refractivity (Wildman–Crippen MR) is 128 cm³/mol. The van der Waals surface area contributed by atoms with Gasteiger partial charge in [0, 0.05) is 25.3 Å². The third-order valence-electron chi connectivity index (χ3n) is 5.65. The number of benzene rings is 2. The summed E-state index contributed by atoms with van der Waals surface area (Å²) in [5.41, 5.74) is 4.03. The van der Waals surface area contributed by atoms with Gasteiger partial charge in [0.25, 0.3) is 5.91 Å². The van der Waals surface area contributed by atoms with Crippen molar-refractivity contribution in [2.75, 3.05) is 50.1 Å². The number of nitrogens with one attached hydrogen (secondary N) is 1. The Morgan fingerprint density at radius 3 is 2.33 bits per heavy atom. The van der Waals surface area contributed by atoms with E-state index in [0.717, 1.165) is 47.1 Å². The zero-order valence-corrected chi connectivity index (χ0v) is 19.6. The van der Waals surface area contributed by atoms with Crippen molar-refractivity contribution in [3.05, 3.63) is 53.6 Å². The first-order valence-electron chi connectivity index (χ1n) is 10.8. The van der Waals surface area contributed by atoms with E-state index >= 15 is 0 Å². The van der Waals surface area contributed by atoms with Gasteiger partial charge in [-0.3, -0.25) is 9.69 Å². The zero-order valence-electron chi connectivity index (χ0n) is 18.7. The van der Waals surface area contributed by atoms with Gasteiger partial charge in [-0.05, 0) is 62.2 Å². The van der Waals surface area contributed by atoms with E-state index in [-0.39, 0.29) is 5.91 Å². The Bertz CT molecular complexity index is 977. The van der Waals surface area contributed by atoms with Crippen LogP contribution in [0.15, 0.2) is 42.5 Å². The fraction of sp³-hybridized carbons (Fsp3) is 0.417. The summed E-state index contributed by atoms with van der Waals surface area (Å²) in [5.74, 6) is 0.0154. The predicted octanol–water partition coefficient (Wildman–Crippen LogP) is 3.50. The lowest BCUT2D eigenvalue weighted by molar-refractivity contribution is -0.894. The number of anilines is 2. The van der Waals surface area contributed by atoms with Gasteiger partial charge in [-0.15, -0.1) is 0 Å². The molecule has 1 N–H and O–H groups in total. The Labute approximate surface area is 183 Å². The minimum atomic E-state index is 0.0154. The van der Waals surface area contributed by atoms with Crippen molar-refractivity contribution in [1.29, 1.82) is 0 Å². The number of rotatable bonds is 9. The van der Waals surface area contributed by atoms with Gasteiger partial charge in [-0.25, -0.2) is 4.98 Å². The number of thiazole rings is 1. The van der Waals surface area contributed by atoms with E-state index in [1.165, 1.54) is 10.5 Å². The number of quaternary nitrogens is 1. The summed E-state index contributed by atoms with van der Waals surface area (Å²) in [6, 6.07) is 14.2. The van der Waals surface area contributed by atoms with Crippen LogP contribution in [0.25, 0.3) is 10.2 Å². The lowest BCUT2D eigenvalue weighted by Gasteiger charge is -2.23. The largest absolute Gasteiger partial charge is 0.378 e. The van der Waals surface area contributed by atoms with E-state index in [9.17, 15) is 4.79 Å². The molecule has 0 unspecified atom stereocenters. The number of carbonyl (C=O) groups excluding carboxylic acids is 1. The van der Waals surface area contributed by atoms with Crippen LogP contribution >= 0.6 is 11.3 Å². The number of aryl methyl sites for hydroxylation is 1. The maximum atomic E-state index is 13.5.